The van der Waals surface area contributed by atoms with Crippen LogP contribution in [0.1, 0.15) is 18.4 Å². The van der Waals surface area contributed by atoms with Gasteiger partial charge >= 0.3 is 0 Å². The van der Waals surface area contributed by atoms with Crippen molar-refractivity contribution in [3.8, 4) is 0 Å². The average Bonchev–Trinajstić information content (AvgIpc) is 2.38. The number of carbonyl (C=O) groups is 1. The number of nitrogens with two attached hydrogens (primary N) is 1. The Balaban J connectivity index is 1.95. The maximum Gasteiger partial charge on any atom is 0.224 e. The van der Waals surface area contributed by atoms with Gasteiger partial charge in [0.15, 0.2) is 0 Å². The van der Waals surface area contributed by atoms with Crippen LogP contribution in [-0.2, 0) is 11.3 Å². The molecule has 1 fully saturated rings. The second-order valence-corrected chi connectivity index (χ2v) is 4.78. The number of nitrogens with one attached hydrogen (secondary N) is 1. The Bertz CT molecular complexity index is 421. The number of nitrogen functional groups attached to an aromatic ring is 1. The van der Waals surface area contributed by atoms with Gasteiger partial charge in [0.1, 0.15) is 5.82 Å². The first-order valence-electron chi connectivity index (χ1n) is 6.33. The number of hydrogen-bond donors (Lipinski definition) is 2. The van der Waals surface area contributed by atoms with Gasteiger partial charge in [0.05, 0.1) is 5.92 Å². The van der Waals surface area contributed by atoms with Crippen molar-refractivity contribution >= 4 is 11.7 Å². The van der Waals surface area contributed by atoms with E-state index in [0.29, 0.717) is 5.82 Å². The summed E-state index contributed by atoms with van der Waals surface area (Å²) in [5.74, 6) is 0.809. The number of pyridine rings is 1. The molecule has 98 valence electrons. The monoisotopic (exact) mass is 248 g/mol. The van der Waals surface area contributed by atoms with E-state index >= 15 is 0 Å². The molecule has 5 nitrogen and oxygen atoms in total. The first-order valence-corrected chi connectivity index (χ1v) is 6.33. The van der Waals surface area contributed by atoms with Gasteiger partial charge in [-0.15, -0.1) is 0 Å². The van der Waals surface area contributed by atoms with Gasteiger partial charge in [-0.1, -0.05) is 0 Å². The largest absolute Gasteiger partial charge is 0.384 e. The number of likely N-dealkylation sites (tertiary alicyclic amines) is 1. The molecule has 1 unspecified atom stereocenters. The maximum atomic E-state index is 11.7. The van der Waals surface area contributed by atoms with Gasteiger partial charge < -0.3 is 11.1 Å². The lowest BCUT2D eigenvalue weighted by Gasteiger charge is -2.31. The van der Waals surface area contributed by atoms with Crippen LogP contribution in [0.2, 0.25) is 0 Å². The highest BCUT2D eigenvalue weighted by Crippen LogP contribution is 2.18. The van der Waals surface area contributed by atoms with Gasteiger partial charge in [0, 0.05) is 26.3 Å². The summed E-state index contributed by atoms with van der Waals surface area (Å²) in [6.07, 6.45) is 3.78. The van der Waals surface area contributed by atoms with Crippen LogP contribution in [0, 0.1) is 5.92 Å². The molecule has 0 aliphatic carbocycles. The summed E-state index contributed by atoms with van der Waals surface area (Å²) in [6.45, 7) is 2.69. The summed E-state index contributed by atoms with van der Waals surface area (Å²) < 4.78 is 0. The standard InChI is InChI=1S/C13H20N4O/c1-15-13(18)11-3-2-6-17(9-11)8-10-4-5-16-12(14)7-10/h4-5,7,11H,2-3,6,8-9H2,1H3,(H2,14,16)(H,15,18). The number of piperidine rings is 1. The SMILES string of the molecule is CNC(=O)C1CCCN(Cc2ccnc(N)c2)C1. The van der Waals surface area contributed by atoms with Crippen molar-refractivity contribution in [1.82, 2.24) is 15.2 Å². The molecule has 3 N–H and O–H groups in total. The van der Waals surface area contributed by atoms with Crippen LogP contribution in [0.5, 0.6) is 0 Å². The summed E-state index contributed by atoms with van der Waals surface area (Å²) in [6, 6.07) is 3.86. The quantitative estimate of drug-likeness (QED) is 0.822. The Labute approximate surface area is 107 Å². The van der Waals surface area contributed by atoms with Crippen LogP contribution >= 0.6 is 0 Å². The fourth-order valence-corrected chi connectivity index (χ4v) is 2.47. The number of anilines is 1. The lowest BCUT2D eigenvalue weighted by molar-refractivity contribution is -0.126. The molecular formula is C13H20N4O. The molecule has 1 aliphatic rings. The Morgan fingerprint density at radius 3 is 3.22 bits per heavy atom. The number of carbonyl (C=O) groups excluding carboxylic acids is 1. The van der Waals surface area contributed by atoms with E-state index in [4.69, 9.17) is 5.73 Å². The normalized spacial score (nSPS) is 20.6. The topological polar surface area (TPSA) is 71.2 Å². The van der Waals surface area contributed by atoms with Crippen LogP contribution < -0.4 is 11.1 Å². The Kier molecular flexibility index (Phi) is 4.15. The van der Waals surface area contributed by atoms with Gasteiger partial charge in [0.2, 0.25) is 5.91 Å². The van der Waals surface area contributed by atoms with E-state index in [1.54, 1.807) is 13.2 Å². The van der Waals surface area contributed by atoms with Crippen LogP contribution in [0.25, 0.3) is 0 Å². The third kappa shape index (κ3) is 3.20. The average molecular weight is 248 g/mol. The van der Waals surface area contributed by atoms with E-state index < -0.39 is 0 Å². The molecule has 1 atom stereocenters. The number of nitrogens with zero attached hydrogens (tertiary/aromatic N) is 2. The Hall–Kier alpha value is -1.62. The van der Waals surface area contributed by atoms with Crippen molar-refractivity contribution in [2.45, 2.75) is 19.4 Å². The molecule has 2 heterocycles. The molecule has 1 saturated heterocycles. The van der Waals surface area contributed by atoms with Gasteiger partial charge in [-0.25, -0.2) is 4.98 Å². The summed E-state index contributed by atoms with van der Waals surface area (Å²) in [4.78, 5) is 17.9. The van der Waals surface area contributed by atoms with Gasteiger partial charge in [-0.2, -0.15) is 0 Å². The summed E-state index contributed by atoms with van der Waals surface area (Å²) in [5, 5.41) is 2.73. The van der Waals surface area contributed by atoms with Crippen LogP contribution in [0.15, 0.2) is 18.3 Å². The van der Waals surface area contributed by atoms with Gasteiger partial charge in [0.25, 0.3) is 0 Å². The molecule has 1 aromatic heterocycles. The fraction of sp³-hybridized carbons (Fsp3) is 0.538. The van der Waals surface area contributed by atoms with Crippen molar-refractivity contribution in [2.24, 2.45) is 5.92 Å². The molecule has 1 aliphatic heterocycles. The first kappa shape index (κ1) is 12.8. The zero-order chi connectivity index (χ0) is 13.0. The lowest BCUT2D eigenvalue weighted by Crippen LogP contribution is -2.41. The molecule has 0 aromatic carbocycles. The zero-order valence-corrected chi connectivity index (χ0v) is 10.7. The Morgan fingerprint density at radius 2 is 2.50 bits per heavy atom. The van der Waals surface area contributed by atoms with Crippen molar-refractivity contribution in [3.05, 3.63) is 23.9 Å². The zero-order valence-electron chi connectivity index (χ0n) is 10.7. The summed E-state index contributed by atoms with van der Waals surface area (Å²) in [5.41, 5.74) is 6.82. The number of rotatable bonds is 3. The van der Waals surface area contributed by atoms with Crippen LogP contribution in [0.4, 0.5) is 5.82 Å². The van der Waals surface area contributed by atoms with Crippen LogP contribution in [-0.4, -0.2) is 35.9 Å². The van der Waals surface area contributed by atoms with Crippen molar-refractivity contribution in [3.63, 3.8) is 0 Å². The highest BCUT2D eigenvalue weighted by Gasteiger charge is 2.24. The van der Waals surface area contributed by atoms with Crippen LogP contribution in [0.3, 0.4) is 0 Å². The molecule has 18 heavy (non-hydrogen) atoms. The fourth-order valence-electron chi connectivity index (χ4n) is 2.47. The smallest absolute Gasteiger partial charge is 0.224 e. The van der Waals surface area contributed by atoms with Crippen molar-refractivity contribution in [1.29, 1.82) is 0 Å². The van der Waals surface area contributed by atoms with E-state index in [9.17, 15) is 4.79 Å². The van der Waals surface area contributed by atoms with E-state index in [0.717, 1.165) is 38.0 Å². The third-order valence-electron chi connectivity index (χ3n) is 3.37. The molecule has 0 bridgehead atoms. The third-order valence-corrected chi connectivity index (χ3v) is 3.37. The van der Waals surface area contributed by atoms with E-state index in [-0.39, 0.29) is 11.8 Å². The van der Waals surface area contributed by atoms with E-state index in [1.807, 2.05) is 12.1 Å². The lowest BCUT2D eigenvalue weighted by atomic mass is 9.97. The Morgan fingerprint density at radius 1 is 1.67 bits per heavy atom. The molecule has 0 radical (unpaired) electrons. The molecule has 2 rings (SSSR count). The van der Waals surface area contributed by atoms with Crippen molar-refractivity contribution < 1.29 is 4.79 Å². The molecule has 1 amide bonds. The number of hydrogen-bond acceptors (Lipinski definition) is 4. The minimum atomic E-state index is 0.114. The van der Waals surface area contributed by atoms with Gasteiger partial charge in [-0.3, -0.25) is 9.69 Å². The van der Waals surface area contributed by atoms with E-state index in [1.165, 1.54) is 0 Å². The molecule has 5 heteroatoms. The van der Waals surface area contributed by atoms with E-state index in [2.05, 4.69) is 15.2 Å². The number of amides is 1. The predicted octanol–water partition coefficient (Wildman–Crippen LogP) is 0.622. The first-order chi connectivity index (χ1) is 8.69. The van der Waals surface area contributed by atoms with Crippen molar-refractivity contribution in [2.75, 3.05) is 25.9 Å². The summed E-state index contributed by atoms with van der Waals surface area (Å²) >= 11 is 0. The highest BCUT2D eigenvalue weighted by molar-refractivity contribution is 5.78. The second kappa shape index (κ2) is 5.82. The minimum Gasteiger partial charge on any atom is -0.384 e. The molecule has 0 spiro atoms. The molecule has 0 saturated carbocycles. The minimum absolute atomic E-state index is 0.114. The maximum absolute atomic E-state index is 11.7. The predicted molar refractivity (Wildman–Crippen MR) is 70.7 cm³/mol. The molecule has 1 aromatic rings. The molecular weight excluding hydrogens is 228 g/mol. The second-order valence-electron chi connectivity index (χ2n) is 4.78. The summed E-state index contributed by atoms with van der Waals surface area (Å²) in [7, 11) is 1.70. The number of aromatic nitrogens is 1. The highest BCUT2D eigenvalue weighted by atomic mass is 16.1. The van der Waals surface area contributed by atoms with Gasteiger partial charge in [-0.05, 0) is 37.1 Å².